The normalized spacial score (nSPS) is 17.9. The highest BCUT2D eigenvalue weighted by Crippen LogP contribution is 2.24. The summed E-state index contributed by atoms with van der Waals surface area (Å²) >= 11 is 6.13. The Balaban J connectivity index is 1.80. The van der Waals surface area contributed by atoms with E-state index in [4.69, 9.17) is 20.9 Å². The van der Waals surface area contributed by atoms with Gasteiger partial charge < -0.3 is 24.8 Å². The summed E-state index contributed by atoms with van der Waals surface area (Å²) in [6.45, 7) is 9.01. The summed E-state index contributed by atoms with van der Waals surface area (Å²) in [6, 6.07) is 6.23. The van der Waals surface area contributed by atoms with Crippen molar-refractivity contribution in [1.29, 1.82) is 0 Å². The van der Waals surface area contributed by atoms with E-state index in [1.165, 1.54) is 4.90 Å². The maximum atomic E-state index is 13.2. The molecule has 10 heteroatoms. The Morgan fingerprint density at radius 2 is 1.95 bits per heavy atom. The highest BCUT2D eigenvalue weighted by atomic mass is 35.5. The molecule has 1 aromatic heterocycles. The molecule has 2 heterocycles. The van der Waals surface area contributed by atoms with Crippen molar-refractivity contribution in [3.63, 3.8) is 0 Å². The van der Waals surface area contributed by atoms with E-state index in [-0.39, 0.29) is 48.6 Å². The van der Waals surface area contributed by atoms with Crippen LogP contribution in [0, 0.1) is 11.8 Å². The minimum atomic E-state index is -0.385. The third-order valence-corrected chi connectivity index (χ3v) is 6.13. The van der Waals surface area contributed by atoms with Gasteiger partial charge in [-0.3, -0.25) is 14.4 Å². The summed E-state index contributed by atoms with van der Waals surface area (Å²) < 4.78 is 11.3. The third kappa shape index (κ3) is 8.77. The van der Waals surface area contributed by atoms with Crippen molar-refractivity contribution in [2.75, 3.05) is 26.2 Å². The molecule has 0 saturated heterocycles. The highest BCUT2D eigenvalue weighted by Gasteiger charge is 2.25. The number of carbonyl (C=O) groups excluding carboxylic acids is 3. The van der Waals surface area contributed by atoms with E-state index < -0.39 is 0 Å². The number of fused-ring (bicyclic) bond motifs is 1. The molecule has 0 saturated carbocycles. The molecule has 1 aromatic carbocycles. The van der Waals surface area contributed by atoms with Crippen molar-refractivity contribution in [3.05, 3.63) is 46.3 Å². The van der Waals surface area contributed by atoms with E-state index in [1.54, 1.807) is 24.3 Å². The van der Waals surface area contributed by atoms with Crippen LogP contribution < -0.4 is 15.4 Å². The number of benzene rings is 1. The van der Waals surface area contributed by atoms with Crippen molar-refractivity contribution >= 4 is 29.3 Å². The summed E-state index contributed by atoms with van der Waals surface area (Å²) in [5.41, 5.74) is 1.05. The zero-order valence-corrected chi connectivity index (χ0v) is 22.8. The van der Waals surface area contributed by atoms with Crippen LogP contribution in [0.1, 0.15) is 73.6 Å². The van der Waals surface area contributed by atoms with Gasteiger partial charge >= 0.3 is 0 Å². The average Bonchev–Trinajstić information content (AvgIpc) is 3.28. The molecule has 37 heavy (non-hydrogen) atoms. The SMILES string of the molecule is CC(C)Cc1cc(C(=O)N2CCCCNC(=O)c3cc(Cl)ccc3OC[C@@H](CC(C)C)NC(=O)C2)on1. The predicted molar refractivity (Wildman–Crippen MR) is 141 cm³/mol. The molecule has 202 valence electrons. The number of rotatable bonds is 5. The lowest BCUT2D eigenvalue weighted by Crippen LogP contribution is -2.46. The van der Waals surface area contributed by atoms with Gasteiger partial charge in [-0.15, -0.1) is 0 Å². The van der Waals surface area contributed by atoms with E-state index in [1.807, 2.05) is 0 Å². The number of hydrogen-bond acceptors (Lipinski definition) is 6. The summed E-state index contributed by atoms with van der Waals surface area (Å²) in [6.07, 6.45) is 2.55. The van der Waals surface area contributed by atoms with Crippen molar-refractivity contribution in [2.24, 2.45) is 11.8 Å². The van der Waals surface area contributed by atoms with Crippen molar-refractivity contribution in [1.82, 2.24) is 20.7 Å². The standard InChI is InChI=1S/C27H37ClN4O5/c1-17(2)11-20-14-24(37-31-20)27(35)32-10-6-5-9-29-26(34)22-13-19(28)7-8-23(22)36-16-21(12-18(3)4)30-25(33)15-32/h7-8,13-14,17-18,21H,5-6,9-12,15-16H2,1-4H3,(H,29,34)(H,30,33)/t21-/m1/s1. The van der Waals surface area contributed by atoms with Crippen LogP contribution in [0.4, 0.5) is 0 Å². The molecule has 0 radical (unpaired) electrons. The van der Waals surface area contributed by atoms with E-state index in [0.717, 1.165) is 0 Å². The molecule has 0 aliphatic carbocycles. The van der Waals surface area contributed by atoms with Crippen molar-refractivity contribution in [3.8, 4) is 5.75 Å². The first kappa shape index (κ1) is 28.5. The predicted octanol–water partition coefficient (Wildman–Crippen LogP) is 4.10. The average molecular weight is 533 g/mol. The lowest BCUT2D eigenvalue weighted by molar-refractivity contribution is -0.122. The number of aromatic nitrogens is 1. The van der Waals surface area contributed by atoms with E-state index >= 15 is 0 Å². The fraction of sp³-hybridized carbons (Fsp3) is 0.556. The van der Waals surface area contributed by atoms with Crippen LogP contribution >= 0.6 is 11.6 Å². The van der Waals surface area contributed by atoms with Crippen molar-refractivity contribution < 1.29 is 23.6 Å². The van der Waals surface area contributed by atoms with E-state index in [2.05, 4.69) is 43.5 Å². The Bertz CT molecular complexity index is 1080. The molecule has 1 atom stereocenters. The van der Waals surface area contributed by atoms with Gasteiger partial charge in [0.15, 0.2) is 0 Å². The number of nitrogens with zero attached hydrogens (tertiary/aromatic N) is 2. The first-order valence-electron chi connectivity index (χ1n) is 12.9. The zero-order chi connectivity index (χ0) is 26.9. The highest BCUT2D eigenvalue weighted by molar-refractivity contribution is 6.31. The Morgan fingerprint density at radius 3 is 2.68 bits per heavy atom. The molecule has 1 aliphatic rings. The summed E-state index contributed by atoms with van der Waals surface area (Å²) in [4.78, 5) is 40.6. The van der Waals surface area contributed by atoms with Gasteiger partial charge in [-0.2, -0.15) is 0 Å². The number of nitrogens with one attached hydrogen (secondary N) is 2. The first-order chi connectivity index (χ1) is 17.6. The van der Waals surface area contributed by atoms with Gasteiger partial charge in [0.2, 0.25) is 11.7 Å². The molecule has 0 bridgehead atoms. The molecule has 2 N–H and O–H groups in total. The molecule has 0 spiro atoms. The maximum Gasteiger partial charge on any atom is 0.292 e. The van der Waals surface area contributed by atoms with E-state index in [0.29, 0.717) is 66.7 Å². The minimum absolute atomic E-state index is 0.115. The van der Waals surface area contributed by atoms with Gasteiger partial charge in [0.1, 0.15) is 12.4 Å². The monoisotopic (exact) mass is 532 g/mol. The lowest BCUT2D eigenvalue weighted by Gasteiger charge is -2.25. The molecule has 0 fully saturated rings. The van der Waals surface area contributed by atoms with Gasteiger partial charge in [-0.25, -0.2) is 0 Å². The van der Waals surface area contributed by atoms with Gasteiger partial charge in [-0.05, 0) is 55.7 Å². The Labute approximate surface area is 223 Å². The Kier molecular flexibility index (Phi) is 10.4. The van der Waals surface area contributed by atoms with Crippen LogP contribution in [0.3, 0.4) is 0 Å². The first-order valence-corrected chi connectivity index (χ1v) is 13.2. The molecule has 9 nitrogen and oxygen atoms in total. The maximum absolute atomic E-state index is 13.2. The van der Waals surface area contributed by atoms with Crippen LogP contribution in [-0.4, -0.2) is 60.1 Å². The Morgan fingerprint density at radius 1 is 1.16 bits per heavy atom. The van der Waals surface area contributed by atoms with Crippen molar-refractivity contribution in [2.45, 2.75) is 59.4 Å². The summed E-state index contributed by atoms with van der Waals surface area (Å²) in [5, 5.41) is 10.3. The van der Waals surface area contributed by atoms with Crippen LogP contribution in [0.15, 0.2) is 28.8 Å². The smallest absolute Gasteiger partial charge is 0.292 e. The van der Waals surface area contributed by atoms with Gasteiger partial charge in [0.05, 0.1) is 23.8 Å². The number of hydrogen-bond donors (Lipinski definition) is 2. The van der Waals surface area contributed by atoms with E-state index in [9.17, 15) is 14.4 Å². The third-order valence-electron chi connectivity index (χ3n) is 5.90. The fourth-order valence-corrected chi connectivity index (χ4v) is 4.41. The van der Waals surface area contributed by atoms with Crippen LogP contribution in [0.25, 0.3) is 0 Å². The Hall–Kier alpha value is -3.07. The topological polar surface area (TPSA) is 114 Å². The largest absolute Gasteiger partial charge is 0.491 e. The molecule has 0 unspecified atom stereocenters. The number of amides is 3. The molecule has 3 amide bonds. The summed E-state index contributed by atoms with van der Waals surface area (Å²) in [7, 11) is 0. The number of ether oxygens (including phenoxy) is 1. The summed E-state index contributed by atoms with van der Waals surface area (Å²) in [5.74, 6) is 0.215. The van der Waals surface area contributed by atoms with Crippen LogP contribution in [0.2, 0.25) is 5.02 Å². The van der Waals surface area contributed by atoms with Crippen LogP contribution in [-0.2, 0) is 11.2 Å². The second kappa shape index (κ2) is 13.5. The number of halogens is 1. The number of carbonyl (C=O) groups is 3. The minimum Gasteiger partial charge on any atom is -0.491 e. The molecule has 1 aliphatic heterocycles. The molecular weight excluding hydrogens is 496 g/mol. The quantitative estimate of drug-likeness (QED) is 0.599. The molecule has 3 rings (SSSR count). The van der Waals surface area contributed by atoms with Gasteiger partial charge in [0, 0.05) is 24.2 Å². The second-order valence-corrected chi connectivity index (χ2v) is 10.8. The lowest BCUT2D eigenvalue weighted by atomic mass is 10.0. The molecular formula is C27H37ClN4O5. The molecule has 2 aromatic rings. The second-order valence-electron chi connectivity index (χ2n) is 10.3. The zero-order valence-electron chi connectivity index (χ0n) is 22.0. The van der Waals surface area contributed by atoms with Gasteiger partial charge in [0.25, 0.3) is 11.8 Å². The van der Waals surface area contributed by atoms with Gasteiger partial charge in [-0.1, -0.05) is 44.5 Å². The fourth-order valence-electron chi connectivity index (χ4n) is 4.24. The van der Waals surface area contributed by atoms with Crippen LogP contribution in [0.5, 0.6) is 5.75 Å².